The van der Waals surface area contributed by atoms with Crippen molar-refractivity contribution in [1.29, 1.82) is 0 Å². The zero-order valence-corrected chi connectivity index (χ0v) is 11.5. The Bertz CT molecular complexity index is 455. The van der Waals surface area contributed by atoms with Crippen molar-refractivity contribution in [1.82, 2.24) is 5.32 Å². The summed E-state index contributed by atoms with van der Waals surface area (Å²) >= 11 is 6.04. The van der Waals surface area contributed by atoms with Gasteiger partial charge < -0.3 is 10.1 Å². The van der Waals surface area contributed by atoms with E-state index in [9.17, 15) is 4.79 Å². The van der Waals surface area contributed by atoms with Crippen LogP contribution >= 0.6 is 11.6 Å². The van der Waals surface area contributed by atoms with E-state index in [-0.39, 0.29) is 11.8 Å². The Balaban J connectivity index is 1.97. The molecule has 1 amide bonds. The molecule has 1 fully saturated rings. The van der Waals surface area contributed by atoms with Crippen LogP contribution in [-0.2, 0) is 11.2 Å². The molecule has 3 nitrogen and oxygen atoms in total. The van der Waals surface area contributed by atoms with Gasteiger partial charge in [0, 0.05) is 17.5 Å². The first-order valence-corrected chi connectivity index (χ1v) is 6.60. The summed E-state index contributed by atoms with van der Waals surface area (Å²) in [4.78, 5) is 11.5. The highest BCUT2D eigenvalue weighted by Gasteiger charge is 2.29. The van der Waals surface area contributed by atoms with Crippen molar-refractivity contribution in [2.75, 3.05) is 13.7 Å². The topological polar surface area (TPSA) is 38.3 Å². The van der Waals surface area contributed by atoms with Gasteiger partial charge in [0.25, 0.3) is 0 Å². The van der Waals surface area contributed by atoms with Gasteiger partial charge in [0.2, 0.25) is 5.91 Å². The highest BCUT2D eigenvalue weighted by Crippen LogP contribution is 2.29. The van der Waals surface area contributed by atoms with Crippen molar-refractivity contribution >= 4 is 17.5 Å². The molecule has 0 saturated heterocycles. The van der Waals surface area contributed by atoms with E-state index in [1.807, 2.05) is 19.1 Å². The Morgan fingerprint density at radius 1 is 1.50 bits per heavy atom. The molecule has 0 aromatic heterocycles. The quantitative estimate of drug-likeness (QED) is 0.891. The first kappa shape index (κ1) is 13.2. The maximum atomic E-state index is 11.5. The van der Waals surface area contributed by atoms with Crippen LogP contribution in [0.25, 0.3) is 0 Å². The summed E-state index contributed by atoms with van der Waals surface area (Å²) in [6.07, 6.45) is 2.81. The van der Waals surface area contributed by atoms with Gasteiger partial charge in [0.15, 0.2) is 0 Å². The Kier molecular flexibility index (Phi) is 4.12. The van der Waals surface area contributed by atoms with Gasteiger partial charge >= 0.3 is 0 Å². The van der Waals surface area contributed by atoms with Gasteiger partial charge in [-0.2, -0.15) is 0 Å². The van der Waals surface area contributed by atoms with Crippen LogP contribution in [0.4, 0.5) is 0 Å². The van der Waals surface area contributed by atoms with Crippen LogP contribution in [0.1, 0.15) is 24.0 Å². The highest BCUT2D eigenvalue weighted by atomic mass is 35.5. The Morgan fingerprint density at radius 3 is 2.83 bits per heavy atom. The molecule has 0 unspecified atom stereocenters. The molecular formula is C14H18ClNO2. The minimum absolute atomic E-state index is 0.174. The van der Waals surface area contributed by atoms with Gasteiger partial charge in [0.1, 0.15) is 5.75 Å². The van der Waals surface area contributed by atoms with Gasteiger partial charge in [-0.3, -0.25) is 4.79 Å². The van der Waals surface area contributed by atoms with Crippen molar-refractivity contribution in [3.8, 4) is 5.75 Å². The fourth-order valence-corrected chi connectivity index (χ4v) is 2.38. The molecule has 1 aromatic carbocycles. The summed E-state index contributed by atoms with van der Waals surface area (Å²) in [5.41, 5.74) is 2.06. The fourth-order valence-electron chi connectivity index (χ4n) is 2.09. The first-order valence-electron chi connectivity index (χ1n) is 6.22. The number of halogens is 1. The zero-order chi connectivity index (χ0) is 13.1. The van der Waals surface area contributed by atoms with E-state index in [1.165, 1.54) is 0 Å². The summed E-state index contributed by atoms with van der Waals surface area (Å²) in [5, 5.41) is 3.65. The molecule has 1 aromatic rings. The van der Waals surface area contributed by atoms with Crippen LogP contribution in [0.5, 0.6) is 5.75 Å². The third-order valence-corrected chi connectivity index (χ3v) is 3.38. The SMILES string of the molecule is COc1c(C)cc(Cl)cc1CCNC(=O)C1CC1. The number of ether oxygens (including phenoxy) is 1. The average molecular weight is 268 g/mol. The van der Waals surface area contributed by atoms with Crippen molar-refractivity contribution in [3.05, 3.63) is 28.3 Å². The predicted molar refractivity (Wildman–Crippen MR) is 72.2 cm³/mol. The number of amides is 1. The second-order valence-electron chi connectivity index (χ2n) is 4.73. The van der Waals surface area contributed by atoms with Gasteiger partial charge in [-0.15, -0.1) is 0 Å². The third-order valence-electron chi connectivity index (χ3n) is 3.16. The van der Waals surface area contributed by atoms with Crippen molar-refractivity contribution < 1.29 is 9.53 Å². The number of benzene rings is 1. The number of methoxy groups -OCH3 is 1. The molecule has 0 aliphatic heterocycles. The number of hydrogen-bond donors (Lipinski definition) is 1. The van der Waals surface area contributed by atoms with Crippen molar-refractivity contribution in [2.45, 2.75) is 26.2 Å². The minimum Gasteiger partial charge on any atom is -0.496 e. The van der Waals surface area contributed by atoms with Gasteiger partial charge in [-0.1, -0.05) is 11.6 Å². The number of nitrogens with one attached hydrogen (secondary N) is 1. The van der Waals surface area contributed by atoms with Crippen LogP contribution in [-0.4, -0.2) is 19.6 Å². The van der Waals surface area contributed by atoms with E-state index in [0.29, 0.717) is 11.6 Å². The van der Waals surface area contributed by atoms with E-state index in [1.54, 1.807) is 7.11 Å². The monoisotopic (exact) mass is 267 g/mol. The Labute approximate surface area is 112 Å². The maximum absolute atomic E-state index is 11.5. The van der Waals surface area contributed by atoms with E-state index in [4.69, 9.17) is 16.3 Å². The Morgan fingerprint density at radius 2 is 2.22 bits per heavy atom. The molecule has 4 heteroatoms. The number of carbonyl (C=O) groups excluding carboxylic acids is 1. The average Bonchev–Trinajstić information content (AvgIpc) is 3.12. The van der Waals surface area contributed by atoms with Crippen LogP contribution in [0, 0.1) is 12.8 Å². The molecule has 0 bridgehead atoms. The van der Waals surface area contributed by atoms with E-state index < -0.39 is 0 Å². The maximum Gasteiger partial charge on any atom is 0.223 e. The lowest BCUT2D eigenvalue weighted by molar-refractivity contribution is -0.122. The fraction of sp³-hybridized carbons (Fsp3) is 0.500. The standard InChI is InChI=1S/C14H18ClNO2/c1-9-7-12(15)8-11(13(9)18-2)5-6-16-14(17)10-3-4-10/h7-8,10H,3-6H2,1-2H3,(H,16,17). The molecule has 0 radical (unpaired) electrons. The van der Waals surface area contributed by atoms with Gasteiger partial charge in [-0.05, 0) is 49.4 Å². The van der Waals surface area contributed by atoms with Crippen LogP contribution in [0.2, 0.25) is 5.02 Å². The zero-order valence-electron chi connectivity index (χ0n) is 10.8. The lowest BCUT2D eigenvalue weighted by atomic mass is 10.1. The van der Waals surface area contributed by atoms with E-state index >= 15 is 0 Å². The van der Waals surface area contributed by atoms with Crippen LogP contribution < -0.4 is 10.1 Å². The highest BCUT2D eigenvalue weighted by molar-refractivity contribution is 6.30. The summed E-state index contributed by atoms with van der Waals surface area (Å²) < 4.78 is 5.38. The van der Waals surface area contributed by atoms with Crippen molar-refractivity contribution in [2.24, 2.45) is 5.92 Å². The summed E-state index contributed by atoms with van der Waals surface area (Å²) in [7, 11) is 1.66. The largest absolute Gasteiger partial charge is 0.496 e. The van der Waals surface area contributed by atoms with Crippen LogP contribution in [0.15, 0.2) is 12.1 Å². The molecule has 1 aliphatic rings. The smallest absolute Gasteiger partial charge is 0.223 e. The summed E-state index contributed by atoms with van der Waals surface area (Å²) in [6.45, 7) is 2.60. The number of aryl methyl sites for hydroxylation is 1. The molecule has 0 spiro atoms. The molecular weight excluding hydrogens is 250 g/mol. The Hall–Kier alpha value is -1.22. The lowest BCUT2D eigenvalue weighted by Crippen LogP contribution is -2.27. The number of carbonyl (C=O) groups is 1. The first-order chi connectivity index (χ1) is 8.61. The number of hydrogen-bond acceptors (Lipinski definition) is 2. The van der Waals surface area contributed by atoms with Crippen LogP contribution in [0.3, 0.4) is 0 Å². The molecule has 1 N–H and O–H groups in total. The minimum atomic E-state index is 0.174. The molecule has 0 heterocycles. The molecule has 2 rings (SSSR count). The van der Waals surface area contributed by atoms with E-state index in [0.717, 1.165) is 36.1 Å². The lowest BCUT2D eigenvalue weighted by Gasteiger charge is -2.12. The van der Waals surface area contributed by atoms with Gasteiger partial charge in [0.05, 0.1) is 7.11 Å². The molecule has 18 heavy (non-hydrogen) atoms. The second kappa shape index (κ2) is 5.61. The van der Waals surface area contributed by atoms with Gasteiger partial charge in [-0.25, -0.2) is 0 Å². The van der Waals surface area contributed by atoms with E-state index in [2.05, 4.69) is 5.32 Å². The number of rotatable bonds is 5. The molecule has 1 saturated carbocycles. The summed E-state index contributed by atoms with van der Waals surface area (Å²) in [6, 6.07) is 3.78. The predicted octanol–water partition coefficient (Wildman–Crippen LogP) is 2.73. The van der Waals surface area contributed by atoms with Crippen molar-refractivity contribution in [3.63, 3.8) is 0 Å². The second-order valence-corrected chi connectivity index (χ2v) is 5.17. The molecule has 1 aliphatic carbocycles. The normalized spacial score (nSPS) is 14.4. The third kappa shape index (κ3) is 3.16. The molecule has 0 atom stereocenters. The summed E-state index contributed by atoms with van der Waals surface area (Å²) in [5.74, 6) is 1.29. The molecule has 98 valence electrons.